The van der Waals surface area contributed by atoms with Crippen LogP contribution >= 0.6 is 23.1 Å². The number of aromatic nitrogens is 1. The molecule has 0 radical (unpaired) electrons. The van der Waals surface area contributed by atoms with Gasteiger partial charge in [-0.25, -0.2) is 4.98 Å². The van der Waals surface area contributed by atoms with Crippen LogP contribution in [0.5, 0.6) is 0 Å². The lowest BCUT2D eigenvalue weighted by molar-refractivity contribution is 0.186. The van der Waals surface area contributed by atoms with Gasteiger partial charge >= 0.3 is 0 Å². The van der Waals surface area contributed by atoms with Gasteiger partial charge in [-0.2, -0.15) is 0 Å². The van der Waals surface area contributed by atoms with Crippen LogP contribution in [0.3, 0.4) is 0 Å². The van der Waals surface area contributed by atoms with Crippen LogP contribution in [0.2, 0.25) is 0 Å². The Labute approximate surface area is 110 Å². The average molecular weight is 267 g/mol. The molecule has 4 heteroatoms. The van der Waals surface area contributed by atoms with E-state index in [0.29, 0.717) is 0 Å². The molecule has 0 aliphatic rings. The molecule has 92 valence electrons. The number of fused-ring (bicyclic) bond motifs is 1. The third-order valence-electron chi connectivity index (χ3n) is 2.56. The summed E-state index contributed by atoms with van der Waals surface area (Å²) in [5.74, 6) is 0.750. The Morgan fingerprint density at radius 2 is 2.24 bits per heavy atom. The number of nitrogens with zero attached hydrogens (tertiary/aromatic N) is 1. The van der Waals surface area contributed by atoms with Gasteiger partial charge in [-0.3, -0.25) is 0 Å². The van der Waals surface area contributed by atoms with Gasteiger partial charge in [0.15, 0.2) is 4.34 Å². The maximum atomic E-state index is 9.77. The van der Waals surface area contributed by atoms with Crippen molar-refractivity contribution in [2.24, 2.45) is 0 Å². The average Bonchev–Trinajstić information content (AvgIpc) is 2.76. The summed E-state index contributed by atoms with van der Waals surface area (Å²) >= 11 is 3.37. The van der Waals surface area contributed by atoms with E-state index in [1.165, 1.54) is 4.70 Å². The van der Waals surface area contributed by atoms with Crippen molar-refractivity contribution in [1.82, 2.24) is 4.98 Å². The smallest absolute Gasteiger partial charge is 0.151 e. The predicted molar refractivity (Wildman–Crippen MR) is 75.9 cm³/mol. The molecule has 2 aromatic rings. The zero-order chi connectivity index (χ0) is 12.1. The fourth-order valence-electron chi connectivity index (χ4n) is 1.60. The molecule has 0 saturated heterocycles. The minimum Gasteiger partial charge on any atom is -0.392 e. The molecule has 1 N–H and O–H groups in total. The molecule has 0 spiro atoms. The molecule has 1 heterocycles. The predicted octanol–water partition coefficient (Wildman–Crippen LogP) is 3.94. The number of thioether (sulfide) groups is 1. The summed E-state index contributed by atoms with van der Waals surface area (Å²) in [6.07, 6.45) is 2.94. The molecular weight excluding hydrogens is 250 g/mol. The van der Waals surface area contributed by atoms with Gasteiger partial charge in [-0.15, -0.1) is 11.3 Å². The first kappa shape index (κ1) is 12.9. The van der Waals surface area contributed by atoms with Crippen molar-refractivity contribution in [2.75, 3.05) is 5.75 Å². The number of para-hydroxylation sites is 1. The first-order chi connectivity index (χ1) is 8.29. The Hall–Kier alpha value is -0.580. The van der Waals surface area contributed by atoms with Crippen LogP contribution in [0.15, 0.2) is 28.6 Å². The van der Waals surface area contributed by atoms with Crippen LogP contribution in [-0.4, -0.2) is 21.9 Å². The maximum Gasteiger partial charge on any atom is 0.151 e. The van der Waals surface area contributed by atoms with Gasteiger partial charge in [0.25, 0.3) is 0 Å². The quantitative estimate of drug-likeness (QED) is 0.805. The van der Waals surface area contributed by atoms with Crippen molar-refractivity contribution in [3.8, 4) is 0 Å². The Morgan fingerprint density at radius 3 is 3.00 bits per heavy atom. The maximum absolute atomic E-state index is 9.77. The summed E-state index contributed by atoms with van der Waals surface area (Å²) < 4.78 is 2.28. The molecule has 0 fully saturated rings. The van der Waals surface area contributed by atoms with Gasteiger partial charge in [-0.05, 0) is 18.6 Å². The van der Waals surface area contributed by atoms with Crippen LogP contribution in [-0.2, 0) is 0 Å². The number of rotatable bonds is 6. The molecular formula is C13H17NOS2. The lowest BCUT2D eigenvalue weighted by Gasteiger charge is -2.07. The molecule has 0 amide bonds. The van der Waals surface area contributed by atoms with Crippen molar-refractivity contribution >= 4 is 33.3 Å². The first-order valence-electron chi connectivity index (χ1n) is 5.96. The number of hydrogen-bond donors (Lipinski definition) is 1. The largest absolute Gasteiger partial charge is 0.392 e. The molecule has 2 rings (SSSR count). The second-order valence-corrected chi connectivity index (χ2v) is 6.35. The molecule has 0 aliphatic carbocycles. The Morgan fingerprint density at radius 1 is 1.41 bits per heavy atom. The van der Waals surface area contributed by atoms with E-state index >= 15 is 0 Å². The third-order valence-corrected chi connectivity index (χ3v) is 4.89. The van der Waals surface area contributed by atoms with Crippen LogP contribution in [0.25, 0.3) is 10.2 Å². The fraction of sp³-hybridized carbons (Fsp3) is 0.462. The molecule has 0 bridgehead atoms. The van der Waals surface area contributed by atoms with Crippen LogP contribution in [0.4, 0.5) is 0 Å². The highest BCUT2D eigenvalue weighted by Crippen LogP contribution is 2.29. The van der Waals surface area contributed by atoms with Gasteiger partial charge < -0.3 is 5.11 Å². The van der Waals surface area contributed by atoms with Crippen molar-refractivity contribution in [2.45, 2.75) is 36.6 Å². The molecule has 1 atom stereocenters. The summed E-state index contributed by atoms with van der Waals surface area (Å²) in [6, 6.07) is 8.16. The minimum atomic E-state index is -0.202. The van der Waals surface area contributed by atoms with Crippen molar-refractivity contribution in [3.05, 3.63) is 24.3 Å². The first-order valence-corrected chi connectivity index (χ1v) is 7.76. The number of benzene rings is 1. The molecule has 2 nitrogen and oxygen atoms in total. The highest BCUT2D eigenvalue weighted by atomic mass is 32.2. The second kappa shape index (κ2) is 6.38. The lowest BCUT2D eigenvalue weighted by Crippen LogP contribution is -2.09. The molecule has 17 heavy (non-hydrogen) atoms. The van der Waals surface area contributed by atoms with E-state index in [1.807, 2.05) is 18.2 Å². The summed E-state index contributed by atoms with van der Waals surface area (Å²) in [6.45, 7) is 2.15. The number of aliphatic hydroxyl groups excluding tert-OH is 1. The van der Waals surface area contributed by atoms with E-state index in [-0.39, 0.29) is 6.10 Å². The van der Waals surface area contributed by atoms with Crippen molar-refractivity contribution in [3.63, 3.8) is 0 Å². The Balaban J connectivity index is 1.90. The van der Waals surface area contributed by atoms with E-state index in [0.717, 1.165) is 34.9 Å². The second-order valence-electron chi connectivity index (χ2n) is 4.05. The van der Waals surface area contributed by atoms with Crippen LogP contribution in [0, 0.1) is 0 Å². The monoisotopic (exact) mass is 267 g/mol. The summed E-state index contributed by atoms with van der Waals surface area (Å²) in [4.78, 5) is 4.54. The lowest BCUT2D eigenvalue weighted by atomic mass is 10.2. The van der Waals surface area contributed by atoms with Crippen LogP contribution in [0.1, 0.15) is 26.2 Å². The molecule has 0 unspecified atom stereocenters. The van der Waals surface area contributed by atoms with E-state index in [9.17, 15) is 5.11 Å². The highest BCUT2D eigenvalue weighted by molar-refractivity contribution is 8.01. The standard InChI is InChI=1S/C13H17NOS2/c1-2-3-6-10(15)9-16-13-14-11-7-4-5-8-12(11)17-13/h4-5,7-8,10,15H,2-3,6,9H2,1H3/t10-/m1/s1. The molecule has 0 aliphatic heterocycles. The third kappa shape index (κ3) is 3.69. The fourth-order valence-corrected chi connectivity index (χ4v) is 3.67. The Bertz CT molecular complexity index is 436. The number of aliphatic hydroxyl groups is 1. The summed E-state index contributed by atoms with van der Waals surface area (Å²) in [7, 11) is 0. The summed E-state index contributed by atoms with van der Waals surface area (Å²) in [5.41, 5.74) is 1.06. The molecule has 1 aromatic heterocycles. The zero-order valence-corrected chi connectivity index (χ0v) is 11.6. The van der Waals surface area contributed by atoms with Crippen LogP contribution < -0.4 is 0 Å². The van der Waals surface area contributed by atoms with Crippen molar-refractivity contribution in [1.29, 1.82) is 0 Å². The molecule has 1 aromatic carbocycles. The van der Waals surface area contributed by atoms with Gasteiger partial charge in [0.05, 0.1) is 16.3 Å². The number of unbranched alkanes of at least 4 members (excludes halogenated alkanes) is 1. The SMILES string of the molecule is CCCC[C@@H](O)CSc1nc2ccccc2s1. The number of thiazole rings is 1. The van der Waals surface area contributed by atoms with Crippen molar-refractivity contribution < 1.29 is 5.11 Å². The van der Waals surface area contributed by atoms with E-state index in [4.69, 9.17) is 0 Å². The van der Waals surface area contributed by atoms with E-state index in [1.54, 1.807) is 23.1 Å². The van der Waals surface area contributed by atoms with Gasteiger partial charge in [0.1, 0.15) is 0 Å². The molecule has 0 saturated carbocycles. The zero-order valence-electron chi connectivity index (χ0n) is 9.93. The minimum absolute atomic E-state index is 0.202. The topological polar surface area (TPSA) is 33.1 Å². The number of hydrogen-bond acceptors (Lipinski definition) is 4. The van der Waals surface area contributed by atoms with Gasteiger partial charge in [0, 0.05) is 5.75 Å². The summed E-state index contributed by atoms with van der Waals surface area (Å²) in [5, 5.41) is 9.77. The normalized spacial score (nSPS) is 13.1. The van der Waals surface area contributed by atoms with E-state index in [2.05, 4.69) is 18.0 Å². The van der Waals surface area contributed by atoms with E-state index < -0.39 is 0 Å². The Kier molecular flexibility index (Phi) is 4.83. The van der Waals surface area contributed by atoms with Gasteiger partial charge in [0.2, 0.25) is 0 Å². The highest BCUT2D eigenvalue weighted by Gasteiger charge is 2.08. The van der Waals surface area contributed by atoms with Gasteiger partial charge in [-0.1, -0.05) is 43.7 Å².